The van der Waals surface area contributed by atoms with Gasteiger partial charge in [-0.15, -0.1) is 30.6 Å². The average molecular weight is 390 g/mol. The maximum Gasteiger partial charge on any atom is 0.191 e. The second-order valence-electron chi connectivity index (χ2n) is 3.97. The van der Waals surface area contributed by atoms with Crippen LogP contribution in [-0.2, 0) is 11.3 Å². The maximum absolute atomic E-state index is 5.01. The van der Waals surface area contributed by atoms with Crippen molar-refractivity contribution in [2.75, 3.05) is 26.8 Å². The van der Waals surface area contributed by atoms with E-state index in [1.54, 1.807) is 19.4 Å². The zero-order valence-electron chi connectivity index (χ0n) is 11.8. The normalized spacial score (nSPS) is 10.6. The summed E-state index contributed by atoms with van der Waals surface area (Å²) >= 11 is 0. The topological polar surface area (TPSA) is 58.5 Å². The minimum atomic E-state index is 0. The van der Waals surface area contributed by atoms with Gasteiger partial charge >= 0.3 is 0 Å². The molecule has 0 unspecified atom stereocenters. The van der Waals surface area contributed by atoms with E-state index >= 15 is 0 Å². The summed E-state index contributed by atoms with van der Waals surface area (Å²) in [6.07, 6.45) is 6.32. The summed E-state index contributed by atoms with van der Waals surface area (Å²) in [5.74, 6) is 0.778. The van der Waals surface area contributed by atoms with E-state index in [2.05, 4.69) is 27.2 Å². The fraction of sp³-hybridized carbons (Fsp3) is 0.429. The van der Waals surface area contributed by atoms with Crippen molar-refractivity contribution in [1.82, 2.24) is 15.6 Å². The number of halogens is 1. The molecule has 0 spiro atoms. The van der Waals surface area contributed by atoms with Crippen molar-refractivity contribution in [3.8, 4) is 0 Å². The van der Waals surface area contributed by atoms with E-state index in [-0.39, 0.29) is 24.0 Å². The van der Waals surface area contributed by atoms with Crippen molar-refractivity contribution in [3.63, 3.8) is 0 Å². The SMILES string of the molecule is C=CCNC(=NCc1cccnc1)NCCCOC.I. The van der Waals surface area contributed by atoms with E-state index in [4.69, 9.17) is 4.74 Å². The Labute approximate surface area is 137 Å². The third-order valence-electron chi connectivity index (χ3n) is 2.37. The second kappa shape index (κ2) is 12.9. The van der Waals surface area contributed by atoms with Crippen LogP contribution >= 0.6 is 24.0 Å². The molecule has 0 fully saturated rings. The van der Waals surface area contributed by atoms with Gasteiger partial charge in [-0.2, -0.15) is 0 Å². The van der Waals surface area contributed by atoms with Crippen molar-refractivity contribution in [1.29, 1.82) is 0 Å². The highest BCUT2D eigenvalue weighted by Gasteiger charge is 1.97. The molecule has 2 N–H and O–H groups in total. The highest BCUT2D eigenvalue weighted by molar-refractivity contribution is 14.0. The van der Waals surface area contributed by atoms with Gasteiger partial charge in [-0.1, -0.05) is 12.1 Å². The molecule has 0 bridgehead atoms. The van der Waals surface area contributed by atoms with Gasteiger partial charge in [0.05, 0.1) is 6.54 Å². The van der Waals surface area contributed by atoms with Gasteiger partial charge in [0.15, 0.2) is 5.96 Å². The molecule has 6 heteroatoms. The molecule has 0 aromatic carbocycles. The molecule has 0 aliphatic heterocycles. The van der Waals surface area contributed by atoms with E-state index in [1.165, 1.54) is 0 Å². The smallest absolute Gasteiger partial charge is 0.191 e. The van der Waals surface area contributed by atoms with Gasteiger partial charge in [-0.3, -0.25) is 4.98 Å². The molecule has 0 radical (unpaired) electrons. The Kier molecular flexibility index (Phi) is 12.1. The Morgan fingerprint density at radius 3 is 3.00 bits per heavy atom. The summed E-state index contributed by atoms with van der Waals surface area (Å²) in [4.78, 5) is 8.56. The predicted octanol–water partition coefficient (Wildman–Crippen LogP) is 1.96. The fourth-order valence-corrected chi connectivity index (χ4v) is 1.43. The van der Waals surface area contributed by atoms with Gasteiger partial charge < -0.3 is 15.4 Å². The van der Waals surface area contributed by atoms with E-state index in [0.29, 0.717) is 13.1 Å². The average Bonchev–Trinajstić information content (AvgIpc) is 2.46. The van der Waals surface area contributed by atoms with Crippen molar-refractivity contribution in [2.24, 2.45) is 4.99 Å². The minimum Gasteiger partial charge on any atom is -0.385 e. The van der Waals surface area contributed by atoms with E-state index < -0.39 is 0 Å². The third kappa shape index (κ3) is 8.87. The largest absolute Gasteiger partial charge is 0.385 e. The van der Waals surface area contributed by atoms with Crippen LogP contribution in [0.15, 0.2) is 42.2 Å². The molecule has 1 aromatic rings. The van der Waals surface area contributed by atoms with Crippen LogP contribution in [0, 0.1) is 0 Å². The van der Waals surface area contributed by atoms with Gasteiger partial charge in [0.1, 0.15) is 0 Å². The fourth-order valence-electron chi connectivity index (χ4n) is 1.43. The second-order valence-corrected chi connectivity index (χ2v) is 3.97. The lowest BCUT2D eigenvalue weighted by molar-refractivity contribution is 0.195. The highest BCUT2D eigenvalue weighted by Crippen LogP contribution is 1.97. The van der Waals surface area contributed by atoms with Gasteiger partial charge in [0.2, 0.25) is 0 Å². The summed E-state index contributed by atoms with van der Waals surface area (Å²) in [5.41, 5.74) is 1.08. The molecule has 112 valence electrons. The molecular formula is C14H23IN4O. The molecular weight excluding hydrogens is 367 g/mol. The number of nitrogens with one attached hydrogen (secondary N) is 2. The number of hydrogen-bond donors (Lipinski definition) is 2. The number of pyridine rings is 1. The predicted molar refractivity (Wildman–Crippen MR) is 93.5 cm³/mol. The molecule has 0 aliphatic rings. The molecule has 20 heavy (non-hydrogen) atoms. The lowest BCUT2D eigenvalue weighted by Crippen LogP contribution is -2.38. The Morgan fingerprint density at radius 2 is 2.35 bits per heavy atom. The van der Waals surface area contributed by atoms with Crippen molar-refractivity contribution in [3.05, 3.63) is 42.7 Å². The molecule has 0 atom stereocenters. The molecule has 1 heterocycles. The maximum atomic E-state index is 5.01. The van der Waals surface area contributed by atoms with Crippen LogP contribution in [0.25, 0.3) is 0 Å². The number of hydrogen-bond acceptors (Lipinski definition) is 3. The number of guanidine groups is 1. The van der Waals surface area contributed by atoms with Gasteiger partial charge in [-0.25, -0.2) is 4.99 Å². The van der Waals surface area contributed by atoms with E-state index in [1.807, 2.05) is 18.3 Å². The zero-order valence-corrected chi connectivity index (χ0v) is 14.2. The summed E-state index contributed by atoms with van der Waals surface area (Å²) < 4.78 is 5.01. The molecule has 1 rings (SSSR count). The first-order chi connectivity index (χ1) is 9.36. The molecule has 5 nitrogen and oxygen atoms in total. The van der Waals surface area contributed by atoms with Gasteiger partial charge in [-0.05, 0) is 18.1 Å². The molecule has 0 saturated carbocycles. The number of methoxy groups -OCH3 is 1. The van der Waals surface area contributed by atoms with Crippen molar-refractivity contribution >= 4 is 29.9 Å². The lowest BCUT2D eigenvalue weighted by Gasteiger charge is -2.11. The van der Waals surface area contributed by atoms with Crippen LogP contribution in [-0.4, -0.2) is 37.7 Å². The van der Waals surface area contributed by atoms with Gasteiger partial charge in [0, 0.05) is 39.2 Å². The van der Waals surface area contributed by atoms with Crippen LogP contribution in [0.1, 0.15) is 12.0 Å². The van der Waals surface area contributed by atoms with Crippen LogP contribution in [0.5, 0.6) is 0 Å². The summed E-state index contributed by atoms with van der Waals surface area (Å²) in [6.45, 7) is 6.53. The van der Waals surface area contributed by atoms with Crippen LogP contribution in [0.3, 0.4) is 0 Å². The van der Waals surface area contributed by atoms with Crippen LogP contribution in [0.4, 0.5) is 0 Å². The Balaban J connectivity index is 0.00000361. The quantitative estimate of drug-likeness (QED) is 0.234. The number of ether oxygens (including phenoxy) is 1. The first kappa shape index (κ1) is 18.9. The highest BCUT2D eigenvalue weighted by atomic mass is 127. The summed E-state index contributed by atoms with van der Waals surface area (Å²) in [7, 11) is 1.70. The standard InChI is InChI=1S/C14H22N4O.HI/c1-3-7-16-14(17-9-5-10-19-2)18-12-13-6-4-8-15-11-13;/h3-4,6,8,11H,1,5,7,9-10,12H2,2H3,(H2,16,17,18);1H. The Hall–Kier alpha value is -1.15. The summed E-state index contributed by atoms with van der Waals surface area (Å²) in [6, 6.07) is 3.92. The van der Waals surface area contributed by atoms with Gasteiger partial charge in [0.25, 0.3) is 0 Å². The first-order valence-electron chi connectivity index (χ1n) is 6.37. The van der Waals surface area contributed by atoms with Crippen molar-refractivity contribution in [2.45, 2.75) is 13.0 Å². The first-order valence-corrected chi connectivity index (χ1v) is 6.37. The van der Waals surface area contributed by atoms with Crippen LogP contribution < -0.4 is 10.6 Å². The number of aliphatic imine (C=N–C) groups is 1. The van der Waals surface area contributed by atoms with Crippen LogP contribution in [0.2, 0.25) is 0 Å². The number of aromatic nitrogens is 1. The minimum absolute atomic E-state index is 0. The lowest BCUT2D eigenvalue weighted by atomic mass is 10.3. The van der Waals surface area contributed by atoms with E-state index in [9.17, 15) is 0 Å². The molecule has 1 aromatic heterocycles. The molecule has 0 saturated heterocycles. The van der Waals surface area contributed by atoms with Crippen molar-refractivity contribution < 1.29 is 4.74 Å². The Morgan fingerprint density at radius 1 is 1.50 bits per heavy atom. The number of nitrogens with zero attached hydrogens (tertiary/aromatic N) is 2. The third-order valence-corrected chi connectivity index (χ3v) is 2.37. The molecule has 0 amide bonds. The molecule has 0 aliphatic carbocycles. The number of rotatable bonds is 8. The summed E-state index contributed by atoms with van der Waals surface area (Å²) in [5, 5.41) is 6.43. The van der Waals surface area contributed by atoms with E-state index in [0.717, 1.165) is 31.1 Å². The zero-order chi connectivity index (χ0) is 13.8. The Bertz CT molecular complexity index is 384. The monoisotopic (exact) mass is 390 g/mol.